The molecular weight excluding hydrogens is 266 g/mol. The number of methoxy groups -OCH3 is 2. The molecule has 0 saturated heterocycles. The van der Waals surface area contributed by atoms with E-state index in [4.69, 9.17) is 9.47 Å². The summed E-state index contributed by atoms with van der Waals surface area (Å²) in [7, 11) is 3.24. The third-order valence-corrected chi connectivity index (χ3v) is 3.32. The fraction of sp³-hybridized carbons (Fsp3) is 0.294. The van der Waals surface area contributed by atoms with Gasteiger partial charge in [-0.05, 0) is 11.6 Å². The van der Waals surface area contributed by atoms with Crippen LogP contribution in [0.2, 0.25) is 0 Å². The van der Waals surface area contributed by atoms with Gasteiger partial charge < -0.3 is 19.9 Å². The minimum Gasteiger partial charge on any atom is -0.493 e. The average Bonchev–Trinajstić information content (AvgIpc) is 2.55. The van der Waals surface area contributed by atoms with Crippen molar-refractivity contribution in [1.82, 2.24) is 5.32 Å². The predicted octanol–water partition coefficient (Wildman–Crippen LogP) is 2.53. The number of aliphatic hydroxyl groups is 1. The first-order valence-corrected chi connectivity index (χ1v) is 6.90. The Morgan fingerprint density at radius 2 is 1.76 bits per heavy atom. The zero-order valence-electron chi connectivity index (χ0n) is 12.4. The quantitative estimate of drug-likeness (QED) is 0.821. The molecule has 2 N–H and O–H groups in total. The summed E-state index contributed by atoms with van der Waals surface area (Å²) in [6.07, 6.45) is -0.525. The lowest BCUT2D eigenvalue weighted by Gasteiger charge is -2.15. The minimum atomic E-state index is -0.525. The van der Waals surface area contributed by atoms with Crippen molar-refractivity contribution >= 4 is 0 Å². The van der Waals surface area contributed by atoms with Gasteiger partial charge in [-0.15, -0.1) is 0 Å². The predicted molar refractivity (Wildman–Crippen MR) is 82.7 cm³/mol. The highest BCUT2D eigenvalue weighted by atomic mass is 16.5. The van der Waals surface area contributed by atoms with Crippen molar-refractivity contribution in [3.63, 3.8) is 0 Å². The van der Waals surface area contributed by atoms with Crippen LogP contribution in [0.1, 0.15) is 17.2 Å². The van der Waals surface area contributed by atoms with Gasteiger partial charge in [-0.2, -0.15) is 0 Å². The van der Waals surface area contributed by atoms with E-state index in [9.17, 15) is 5.11 Å². The fourth-order valence-electron chi connectivity index (χ4n) is 2.23. The molecule has 0 amide bonds. The van der Waals surface area contributed by atoms with E-state index in [0.29, 0.717) is 18.8 Å². The zero-order valence-corrected chi connectivity index (χ0v) is 12.4. The second-order valence-electron chi connectivity index (χ2n) is 4.71. The molecule has 0 fully saturated rings. The van der Waals surface area contributed by atoms with Gasteiger partial charge in [0.15, 0.2) is 11.5 Å². The maximum atomic E-state index is 10.1. The van der Waals surface area contributed by atoms with Gasteiger partial charge in [0.2, 0.25) is 0 Å². The largest absolute Gasteiger partial charge is 0.493 e. The summed E-state index contributed by atoms with van der Waals surface area (Å²) in [4.78, 5) is 0. The monoisotopic (exact) mass is 287 g/mol. The van der Waals surface area contributed by atoms with Crippen LogP contribution in [0.25, 0.3) is 0 Å². The Labute approximate surface area is 125 Å². The second kappa shape index (κ2) is 7.67. The standard InChI is InChI=1S/C17H21NO3/c1-20-16-10-6-9-14(17(16)21-2)11-18-12-15(19)13-7-4-3-5-8-13/h3-10,15,18-19H,11-12H2,1-2H3/t15-/m0/s1. The highest BCUT2D eigenvalue weighted by Crippen LogP contribution is 2.30. The van der Waals surface area contributed by atoms with Gasteiger partial charge in [0.05, 0.1) is 20.3 Å². The van der Waals surface area contributed by atoms with Crippen LogP contribution < -0.4 is 14.8 Å². The number of aliphatic hydroxyl groups excluding tert-OH is 1. The maximum Gasteiger partial charge on any atom is 0.165 e. The van der Waals surface area contributed by atoms with Gasteiger partial charge in [0.25, 0.3) is 0 Å². The molecule has 0 unspecified atom stereocenters. The zero-order chi connectivity index (χ0) is 15.1. The van der Waals surface area contributed by atoms with Gasteiger partial charge >= 0.3 is 0 Å². The van der Waals surface area contributed by atoms with Crippen molar-refractivity contribution < 1.29 is 14.6 Å². The fourth-order valence-corrected chi connectivity index (χ4v) is 2.23. The molecule has 0 bridgehead atoms. The van der Waals surface area contributed by atoms with Gasteiger partial charge in [0, 0.05) is 18.7 Å². The molecule has 0 aliphatic carbocycles. The molecule has 0 aliphatic rings. The molecule has 4 heteroatoms. The summed E-state index contributed by atoms with van der Waals surface area (Å²) in [5.74, 6) is 1.43. The Morgan fingerprint density at radius 1 is 1.00 bits per heavy atom. The number of ether oxygens (including phenoxy) is 2. The second-order valence-corrected chi connectivity index (χ2v) is 4.71. The van der Waals surface area contributed by atoms with Crippen LogP contribution in [0.5, 0.6) is 11.5 Å². The lowest BCUT2D eigenvalue weighted by molar-refractivity contribution is 0.174. The maximum absolute atomic E-state index is 10.1. The summed E-state index contributed by atoms with van der Waals surface area (Å²) >= 11 is 0. The van der Waals surface area contributed by atoms with Gasteiger partial charge in [0.1, 0.15) is 0 Å². The van der Waals surface area contributed by atoms with Crippen LogP contribution in [-0.4, -0.2) is 25.9 Å². The van der Waals surface area contributed by atoms with Crippen molar-refractivity contribution in [3.8, 4) is 11.5 Å². The molecule has 2 rings (SSSR count). The van der Waals surface area contributed by atoms with E-state index in [1.54, 1.807) is 14.2 Å². The van der Waals surface area contributed by atoms with Crippen molar-refractivity contribution in [2.45, 2.75) is 12.6 Å². The van der Waals surface area contributed by atoms with Crippen LogP contribution in [0.4, 0.5) is 0 Å². The number of hydrogen-bond donors (Lipinski definition) is 2. The number of benzene rings is 2. The summed E-state index contributed by atoms with van der Waals surface area (Å²) in [5, 5.41) is 13.3. The van der Waals surface area contributed by atoms with Crippen LogP contribution in [0.15, 0.2) is 48.5 Å². The first kappa shape index (κ1) is 15.4. The van der Waals surface area contributed by atoms with Crippen molar-refractivity contribution in [3.05, 3.63) is 59.7 Å². The molecule has 0 spiro atoms. The van der Waals surface area contributed by atoms with Crippen molar-refractivity contribution in [1.29, 1.82) is 0 Å². The number of para-hydroxylation sites is 1. The van der Waals surface area contributed by atoms with E-state index in [-0.39, 0.29) is 0 Å². The van der Waals surface area contributed by atoms with Crippen molar-refractivity contribution in [2.24, 2.45) is 0 Å². The SMILES string of the molecule is COc1cccc(CNC[C@H](O)c2ccccc2)c1OC. The summed E-state index contributed by atoms with van der Waals surface area (Å²) < 4.78 is 10.7. The summed E-state index contributed by atoms with van der Waals surface area (Å²) in [6, 6.07) is 15.4. The third kappa shape index (κ3) is 3.97. The topological polar surface area (TPSA) is 50.7 Å². The highest BCUT2D eigenvalue weighted by Gasteiger charge is 2.10. The molecule has 4 nitrogen and oxygen atoms in total. The van der Waals surface area contributed by atoms with Crippen LogP contribution in [0.3, 0.4) is 0 Å². The Bertz CT molecular complexity index is 557. The molecule has 1 atom stereocenters. The van der Waals surface area contributed by atoms with Crippen molar-refractivity contribution in [2.75, 3.05) is 20.8 Å². The van der Waals surface area contributed by atoms with Gasteiger partial charge in [-0.25, -0.2) is 0 Å². The molecule has 2 aromatic rings. The van der Waals surface area contributed by atoms with Crippen LogP contribution >= 0.6 is 0 Å². The number of rotatable bonds is 7. The Hall–Kier alpha value is -2.04. The van der Waals surface area contributed by atoms with E-state index < -0.39 is 6.10 Å². The molecule has 112 valence electrons. The molecule has 21 heavy (non-hydrogen) atoms. The number of hydrogen-bond acceptors (Lipinski definition) is 4. The Balaban J connectivity index is 1.95. The summed E-state index contributed by atoms with van der Waals surface area (Å²) in [5.41, 5.74) is 1.90. The lowest BCUT2D eigenvalue weighted by Crippen LogP contribution is -2.21. The molecule has 0 aromatic heterocycles. The molecule has 0 saturated carbocycles. The van der Waals surface area contributed by atoms with Crippen LogP contribution in [0, 0.1) is 0 Å². The van der Waals surface area contributed by atoms with E-state index in [1.807, 2.05) is 48.5 Å². The number of nitrogens with one attached hydrogen (secondary N) is 1. The third-order valence-electron chi connectivity index (χ3n) is 3.32. The molecule has 0 aliphatic heterocycles. The molecule has 0 heterocycles. The average molecular weight is 287 g/mol. The molecular formula is C17H21NO3. The first-order valence-electron chi connectivity index (χ1n) is 6.90. The normalized spacial score (nSPS) is 12.0. The van der Waals surface area contributed by atoms with E-state index in [1.165, 1.54) is 0 Å². The Kier molecular flexibility index (Phi) is 5.60. The first-order chi connectivity index (χ1) is 10.3. The molecule has 2 aromatic carbocycles. The molecule has 0 radical (unpaired) electrons. The highest BCUT2D eigenvalue weighted by molar-refractivity contribution is 5.46. The van der Waals surface area contributed by atoms with E-state index >= 15 is 0 Å². The summed E-state index contributed by atoms with van der Waals surface area (Å²) in [6.45, 7) is 1.08. The van der Waals surface area contributed by atoms with Gasteiger partial charge in [-0.3, -0.25) is 0 Å². The van der Waals surface area contributed by atoms with E-state index in [2.05, 4.69) is 5.32 Å². The van der Waals surface area contributed by atoms with Crippen LogP contribution in [-0.2, 0) is 6.54 Å². The van der Waals surface area contributed by atoms with E-state index in [0.717, 1.165) is 16.9 Å². The minimum absolute atomic E-state index is 0.477. The lowest BCUT2D eigenvalue weighted by atomic mass is 10.1. The Morgan fingerprint density at radius 3 is 2.43 bits per heavy atom. The van der Waals surface area contributed by atoms with Gasteiger partial charge in [-0.1, -0.05) is 42.5 Å². The smallest absolute Gasteiger partial charge is 0.165 e.